The van der Waals surface area contributed by atoms with Crippen molar-refractivity contribution < 1.29 is 0 Å². The first-order valence-corrected chi connectivity index (χ1v) is 6.70. The molecule has 1 aliphatic rings. The van der Waals surface area contributed by atoms with Gasteiger partial charge in [-0.3, -0.25) is 4.90 Å². The minimum atomic E-state index is 0.438. The molecular weight excluding hydrogens is 257 g/mol. The van der Waals surface area contributed by atoms with Gasteiger partial charge in [-0.15, -0.1) is 0 Å². The molecule has 1 aromatic rings. The van der Waals surface area contributed by atoms with Crippen molar-refractivity contribution in [2.75, 3.05) is 13.1 Å². The summed E-state index contributed by atoms with van der Waals surface area (Å²) >= 11 is 11.9. The fraction of sp³-hybridized carbons (Fsp3) is 0.583. The zero-order valence-corrected chi connectivity index (χ0v) is 11.2. The first kappa shape index (κ1) is 13.1. The van der Waals surface area contributed by atoms with E-state index in [1.807, 2.05) is 0 Å². The highest BCUT2D eigenvalue weighted by Gasteiger charge is 2.21. The molecule has 0 spiro atoms. The first-order valence-electron chi connectivity index (χ1n) is 5.94. The Balaban J connectivity index is 2.08. The second-order valence-electron chi connectivity index (χ2n) is 4.45. The fourth-order valence-electron chi connectivity index (χ4n) is 2.31. The van der Waals surface area contributed by atoms with Gasteiger partial charge in [0.1, 0.15) is 5.15 Å². The Morgan fingerprint density at radius 2 is 2.24 bits per heavy atom. The maximum atomic E-state index is 6.16. The lowest BCUT2D eigenvalue weighted by atomic mass is 10.0. The summed E-state index contributed by atoms with van der Waals surface area (Å²) in [6.07, 6.45) is 5.43. The van der Waals surface area contributed by atoms with Crippen LogP contribution in [0.3, 0.4) is 0 Å². The van der Waals surface area contributed by atoms with Crippen LogP contribution in [-0.4, -0.2) is 29.0 Å². The second kappa shape index (κ2) is 6.01. The minimum Gasteiger partial charge on any atom is -0.329 e. The third kappa shape index (κ3) is 3.32. The number of pyridine rings is 1. The van der Waals surface area contributed by atoms with Crippen molar-refractivity contribution in [1.82, 2.24) is 9.88 Å². The van der Waals surface area contributed by atoms with Gasteiger partial charge in [-0.05, 0) is 25.5 Å². The molecule has 0 bridgehead atoms. The van der Waals surface area contributed by atoms with E-state index in [1.54, 1.807) is 12.3 Å². The molecule has 0 aromatic carbocycles. The molecule has 2 N–H and O–H groups in total. The number of nitrogens with zero attached hydrogens (tertiary/aromatic N) is 2. The molecule has 2 rings (SSSR count). The Morgan fingerprint density at radius 1 is 1.41 bits per heavy atom. The van der Waals surface area contributed by atoms with Gasteiger partial charge in [-0.25, -0.2) is 4.98 Å². The van der Waals surface area contributed by atoms with E-state index >= 15 is 0 Å². The molecular formula is C12H17Cl2N3. The molecule has 94 valence electrons. The molecule has 1 unspecified atom stereocenters. The normalized spacial score (nSPS) is 21.7. The molecule has 1 aliphatic heterocycles. The van der Waals surface area contributed by atoms with Gasteiger partial charge in [0.25, 0.3) is 0 Å². The number of piperidine rings is 1. The van der Waals surface area contributed by atoms with E-state index in [-0.39, 0.29) is 0 Å². The fourth-order valence-corrected chi connectivity index (χ4v) is 2.73. The van der Waals surface area contributed by atoms with E-state index in [9.17, 15) is 0 Å². The summed E-state index contributed by atoms with van der Waals surface area (Å²) in [6, 6.07) is 2.16. The van der Waals surface area contributed by atoms with Crippen LogP contribution in [0.1, 0.15) is 24.8 Å². The molecule has 0 amide bonds. The van der Waals surface area contributed by atoms with E-state index in [1.165, 1.54) is 19.3 Å². The standard InChI is InChI=1S/C12H17Cl2N3/c13-11-5-12(14)16-7-9(11)8-17-4-2-1-3-10(17)6-15/h5,7,10H,1-4,6,8,15H2. The Kier molecular flexibility index (Phi) is 4.62. The van der Waals surface area contributed by atoms with E-state index < -0.39 is 0 Å². The van der Waals surface area contributed by atoms with E-state index in [0.717, 1.165) is 18.7 Å². The van der Waals surface area contributed by atoms with Crippen molar-refractivity contribution in [2.24, 2.45) is 5.73 Å². The highest BCUT2D eigenvalue weighted by molar-refractivity contribution is 6.34. The lowest BCUT2D eigenvalue weighted by Gasteiger charge is -2.35. The molecule has 17 heavy (non-hydrogen) atoms. The summed E-state index contributed by atoms with van der Waals surface area (Å²) in [5, 5.41) is 1.12. The lowest BCUT2D eigenvalue weighted by molar-refractivity contribution is 0.145. The lowest BCUT2D eigenvalue weighted by Crippen LogP contribution is -2.43. The van der Waals surface area contributed by atoms with Gasteiger partial charge in [0.05, 0.1) is 0 Å². The van der Waals surface area contributed by atoms with Crippen molar-refractivity contribution in [2.45, 2.75) is 31.8 Å². The minimum absolute atomic E-state index is 0.438. The van der Waals surface area contributed by atoms with Gasteiger partial charge in [-0.1, -0.05) is 29.6 Å². The third-order valence-electron chi connectivity index (χ3n) is 3.29. The largest absolute Gasteiger partial charge is 0.329 e. The molecule has 0 saturated carbocycles. The molecule has 1 saturated heterocycles. The topological polar surface area (TPSA) is 42.1 Å². The second-order valence-corrected chi connectivity index (χ2v) is 5.25. The average Bonchev–Trinajstić information content (AvgIpc) is 2.33. The van der Waals surface area contributed by atoms with Crippen LogP contribution in [0.2, 0.25) is 10.2 Å². The number of halogens is 2. The van der Waals surface area contributed by atoms with Crippen LogP contribution < -0.4 is 5.73 Å². The molecule has 1 atom stereocenters. The number of rotatable bonds is 3. The van der Waals surface area contributed by atoms with E-state index in [0.29, 0.717) is 22.8 Å². The van der Waals surface area contributed by atoms with Crippen LogP contribution >= 0.6 is 23.2 Å². The van der Waals surface area contributed by atoms with Gasteiger partial charge in [0.2, 0.25) is 0 Å². The molecule has 0 aliphatic carbocycles. The highest BCUT2D eigenvalue weighted by atomic mass is 35.5. The number of likely N-dealkylation sites (tertiary alicyclic amines) is 1. The summed E-state index contributed by atoms with van der Waals surface area (Å²) in [5.41, 5.74) is 6.82. The van der Waals surface area contributed by atoms with E-state index in [2.05, 4.69) is 9.88 Å². The SMILES string of the molecule is NCC1CCCCN1Cc1cnc(Cl)cc1Cl. The molecule has 3 nitrogen and oxygen atoms in total. The molecule has 0 radical (unpaired) electrons. The molecule has 1 fully saturated rings. The zero-order chi connectivity index (χ0) is 12.3. The number of aromatic nitrogens is 1. The van der Waals surface area contributed by atoms with Gasteiger partial charge in [0.15, 0.2) is 0 Å². The smallest absolute Gasteiger partial charge is 0.130 e. The van der Waals surface area contributed by atoms with Gasteiger partial charge >= 0.3 is 0 Å². The van der Waals surface area contributed by atoms with Crippen molar-refractivity contribution in [3.8, 4) is 0 Å². The van der Waals surface area contributed by atoms with Crippen molar-refractivity contribution >= 4 is 23.2 Å². The average molecular weight is 274 g/mol. The van der Waals surface area contributed by atoms with E-state index in [4.69, 9.17) is 28.9 Å². The van der Waals surface area contributed by atoms with Gasteiger partial charge in [-0.2, -0.15) is 0 Å². The monoisotopic (exact) mass is 273 g/mol. The number of hydrogen-bond donors (Lipinski definition) is 1. The van der Waals surface area contributed by atoms with Crippen LogP contribution in [0, 0.1) is 0 Å². The van der Waals surface area contributed by atoms with Crippen LogP contribution in [-0.2, 0) is 6.54 Å². The van der Waals surface area contributed by atoms with Crippen molar-refractivity contribution in [1.29, 1.82) is 0 Å². The summed E-state index contributed by atoms with van der Waals surface area (Å²) < 4.78 is 0. The number of hydrogen-bond acceptors (Lipinski definition) is 3. The molecule has 2 heterocycles. The van der Waals surface area contributed by atoms with Crippen LogP contribution in [0.15, 0.2) is 12.3 Å². The maximum Gasteiger partial charge on any atom is 0.130 e. The van der Waals surface area contributed by atoms with Crippen LogP contribution in [0.5, 0.6) is 0 Å². The summed E-state index contributed by atoms with van der Waals surface area (Å²) in [4.78, 5) is 6.47. The van der Waals surface area contributed by atoms with Crippen molar-refractivity contribution in [3.63, 3.8) is 0 Å². The summed E-state index contributed by atoms with van der Waals surface area (Å²) in [5.74, 6) is 0. The molecule has 1 aromatic heterocycles. The van der Waals surface area contributed by atoms with Gasteiger partial charge < -0.3 is 5.73 Å². The van der Waals surface area contributed by atoms with Crippen molar-refractivity contribution in [3.05, 3.63) is 28.0 Å². The Labute approximate surface area is 112 Å². The quantitative estimate of drug-likeness (QED) is 0.862. The predicted molar refractivity (Wildman–Crippen MR) is 71.4 cm³/mol. The third-order valence-corrected chi connectivity index (χ3v) is 3.85. The maximum absolute atomic E-state index is 6.16. The molecule has 5 heteroatoms. The highest BCUT2D eigenvalue weighted by Crippen LogP contribution is 2.24. The first-order chi connectivity index (χ1) is 8.20. The Morgan fingerprint density at radius 3 is 2.94 bits per heavy atom. The Bertz CT molecular complexity index is 384. The van der Waals surface area contributed by atoms with Crippen LogP contribution in [0.25, 0.3) is 0 Å². The summed E-state index contributed by atoms with van der Waals surface area (Å²) in [6.45, 7) is 2.60. The zero-order valence-electron chi connectivity index (χ0n) is 9.70. The van der Waals surface area contributed by atoms with Gasteiger partial charge in [0, 0.05) is 35.9 Å². The summed E-state index contributed by atoms with van der Waals surface area (Å²) in [7, 11) is 0. The predicted octanol–water partition coefficient (Wildman–Crippen LogP) is 2.70. The number of nitrogens with two attached hydrogens (primary N) is 1. The Hall–Kier alpha value is -0.350. The van der Waals surface area contributed by atoms with Crippen LogP contribution in [0.4, 0.5) is 0 Å².